The number of nitrogens with one attached hydrogen (secondary N) is 1. The van der Waals surface area contributed by atoms with E-state index >= 15 is 0 Å². The van der Waals surface area contributed by atoms with Crippen molar-refractivity contribution in [2.24, 2.45) is 23.2 Å². The molecule has 0 unspecified atom stereocenters. The van der Waals surface area contributed by atoms with E-state index in [1.165, 1.54) is 57.1 Å². The molecule has 2 amide bonds. The second kappa shape index (κ2) is 5.45. The molecule has 1 N–H and O–H groups in total. The molecule has 0 saturated heterocycles. The molecule has 5 fully saturated rings. The molecule has 5 heteroatoms. The maximum absolute atomic E-state index is 12.6. The van der Waals surface area contributed by atoms with E-state index in [4.69, 9.17) is 0 Å². The molecule has 1 heterocycles. The van der Waals surface area contributed by atoms with Gasteiger partial charge in [0, 0.05) is 24.9 Å². The summed E-state index contributed by atoms with van der Waals surface area (Å²) in [6.07, 6.45) is 10.9. The molecule has 24 heavy (non-hydrogen) atoms. The minimum atomic E-state index is 0.0162. The summed E-state index contributed by atoms with van der Waals surface area (Å²) in [5, 5.41) is 5.89. The average molecular weight is 346 g/mol. The third-order valence-electron chi connectivity index (χ3n) is 6.82. The van der Waals surface area contributed by atoms with E-state index in [1.807, 2.05) is 11.9 Å². The van der Waals surface area contributed by atoms with Gasteiger partial charge in [-0.3, -0.25) is 5.32 Å². The van der Waals surface area contributed by atoms with Crippen molar-refractivity contribution in [1.82, 2.24) is 9.88 Å². The molecule has 1 aromatic heterocycles. The van der Waals surface area contributed by atoms with Gasteiger partial charge in [-0.15, -0.1) is 11.3 Å². The lowest BCUT2D eigenvalue weighted by molar-refractivity contribution is -0.0611. The van der Waals surface area contributed by atoms with Crippen LogP contribution in [0.5, 0.6) is 0 Å². The van der Waals surface area contributed by atoms with Crippen LogP contribution in [0.4, 0.5) is 9.93 Å². The van der Waals surface area contributed by atoms with Gasteiger partial charge in [-0.05, 0) is 74.5 Å². The second-order valence-electron chi connectivity index (χ2n) is 9.06. The number of aromatic nitrogens is 1. The Labute approximate surface area is 148 Å². The first kappa shape index (κ1) is 15.2. The van der Waals surface area contributed by atoms with Gasteiger partial charge < -0.3 is 4.90 Å². The summed E-state index contributed by atoms with van der Waals surface area (Å²) in [6, 6.07) is 0.0162. The highest BCUT2D eigenvalue weighted by Crippen LogP contribution is 2.60. The lowest BCUT2D eigenvalue weighted by Gasteiger charge is -2.57. The van der Waals surface area contributed by atoms with Crippen molar-refractivity contribution in [3.05, 3.63) is 11.1 Å². The zero-order valence-electron chi connectivity index (χ0n) is 14.5. The van der Waals surface area contributed by atoms with Crippen molar-refractivity contribution < 1.29 is 4.79 Å². The summed E-state index contributed by atoms with van der Waals surface area (Å²) in [5.41, 5.74) is 1.57. The largest absolute Gasteiger partial charge is 0.327 e. The van der Waals surface area contributed by atoms with Crippen molar-refractivity contribution in [3.63, 3.8) is 0 Å². The zero-order valence-corrected chi connectivity index (χ0v) is 15.3. The van der Waals surface area contributed by atoms with Gasteiger partial charge in [0.15, 0.2) is 5.13 Å². The Morgan fingerprint density at radius 2 is 1.88 bits per heavy atom. The molecule has 5 aliphatic carbocycles. The van der Waals surface area contributed by atoms with Crippen molar-refractivity contribution in [1.29, 1.82) is 0 Å². The Morgan fingerprint density at radius 3 is 2.46 bits per heavy atom. The highest BCUT2D eigenvalue weighted by molar-refractivity contribution is 7.13. The third-order valence-corrected chi connectivity index (χ3v) is 7.59. The highest BCUT2D eigenvalue weighted by Gasteiger charge is 2.51. The van der Waals surface area contributed by atoms with Crippen LogP contribution in [-0.2, 0) is 0 Å². The summed E-state index contributed by atoms with van der Waals surface area (Å²) in [6.45, 7) is 0.920. The Kier molecular flexibility index (Phi) is 3.45. The number of urea groups is 1. The van der Waals surface area contributed by atoms with Gasteiger partial charge in [0.05, 0.1) is 5.69 Å². The molecule has 4 nitrogen and oxygen atoms in total. The number of rotatable bonds is 4. The number of nitrogens with zero attached hydrogens (tertiary/aromatic N) is 2. The van der Waals surface area contributed by atoms with Gasteiger partial charge >= 0.3 is 6.03 Å². The highest BCUT2D eigenvalue weighted by atomic mass is 32.1. The molecule has 0 aromatic carbocycles. The fourth-order valence-corrected chi connectivity index (χ4v) is 6.94. The van der Waals surface area contributed by atoms with Crippen LogP contribution < -0.4 is 5.32 Å². The molecule has 130 valence electrons. The van der Waals surface area contributed by atoms with E-state index in [2.05, 4.69) is 15.7 Å². The van der Waals surface area contributed by atoms with E-state index in [9.17, 15) is 4.79 Å². The molecule has 6 rings (SSSR count). The van der Waals surface area contributed by atoms with Gasteiger partial charge in [0.25, 0.3) is 0 Å². The molecule has 0 spiro atoms. The number of anilines is 1. The first-order chi connectivity index (χ1) is 11.6. The SMILES string of the molecule is CN(CC12CC3CC(CC(C3)C1)C2)C(=O)Nc1nc(C2CC2)cs1. The average Bonchev–Trinajstić information content (AvgIpc) is 3.25. The molecule has 4 bridgehead atoms. The van der Waals surface area contributed by atoms with Crippen LogP contribution in [0.3, 0.4) is 0 Å². The topological polar surface area (TPSA) is 45.2 Å². The molecular formula is C19H27N3OS. The molecule has 0 radical (unpaired) electrons. The van der Waals surface area contributed by atoms with Gasteiger partial charge in [-0.25, -0.2) is 9.78 Å². The number of carbonyl (C=O) groups is 1. The maximum atomic E-state index is 12.6. The Bertz CT molecular complexity index is 616. The maximum Gasteiger partial charge on any atom is 0.323 e. The Balaban J connectivity index is 1.23. The first-order valence-corrected chi connectivity index (χ1v) is 10.4. The summed E-state index contributed by atoms with van der Waals surface area (Å²) >= 11 is 1.56. The summed E-state index contributed by atoms with van der Waals surface area (Å²) < 4.78 is 0. The number of carbonyl (C=O) groups excluding carboxylic acids is 1. The van der Waals surface area contributed by atoms with Gasteiger partial charge in [0.1, 0.15) is 0 Å². The van der Waals surface area contributed by atoms with Crippen molar-refractivity contribution >= 4 is 22.5 Å². The van der Waals surface area contributed by atoms with Crippen molar-refractivity contribution in [2.45, 2.75) is 57.3 Å². The fourth-order valence-electron chi connectivity index (χ4n) is 6.16. The van der Waals surface area contributed by atoms with E-state index in [0.717, 1.165) is 29.4 Å². The molecule has 5 saturated carbocycles. The number of hydrogen-bond donors (Lipinski definition) is 1. The van der Waals surface area contributed by atoms with Crippen LogP contribution in [0.15, 0.2) is 5.38 Å². The quantitative estimate of drug-likeness (QED) is 0.859. The van der Waals surface area contributed by atoms with Crippen LogP contribution >= 0.6 is 11.3 Å². The minimum Gasteiger partial charge on any atom is -0.327 e. The van der Waals surface area contributed by atoms with E-state index in [-0.39, 0.29) is 6.03 Å². The monoisotopic (exact) mass is 345 g/mol. The standard InChI is InChI=1S/C19H27N3OS/c1-22(18(23)21-17-20-16(10-24-17)15-2-3-15)11-19-7-12-4-13(8-19)6-14(5-12)9-19/h10,12-15H,2-9,11H2,1H3,(H,20,21,23). The molecule has 1 aromatic rings. The Hall–Kier alpha value is -1.10. The van der Waals surface area contributed by atoms with Gasteiger partial charge in [-0.2, -0.15) is 0 Å². The van der Waals surface area contributed by atoms with Crippen LogP contribution in [0, 0.1) is 23.2 Å². The normalized spacial score (nSPS) is 36.8. The minimum absolute atomic E-state index is 0.0162. The molecular weight excluding hydrogens is 318 g/mol. The third kappa shape index (κ3) is 2.75. The first-order valence-electron chi connectivity index (χ1n) is 9.56. The molecule has 5 aliphatic rings. The smallest absolute Gasteiger partial charge is 0.323 e. The van der Waals surface area contributed by atoms with Crippen molar-refractivity contribution in [3.8, 4) is 0 Å². The predicted molar refractivity (Wildman–Crippen MR) is 96.3 cm³/mol. The van der Waals surface area contributed by atoms with E-state index in [1.54, 1.807) is 11.3 Å². The fraction of sp³-hybridized carbons (Fsp3) is 0.789. The lowest BCUT2D eigenvalue weighted by atomic mass is 9.49. The van der Waals surface area contributed by atoms with Crippen LogP contribution in [-0.4, -0.2) is 29.5 Å². The lowest BCUT2D eigenvalue weighted by Crippen LogP contribution is -2.52. The summed E-state index contributed by atoms with van der Waals surface area (Å²) in [7, 11) is 1.96. The molecule has 0 atom stereocenters. The van der Waals surface area contributed by atoms with Gasteiger partial charge in [-0.1, -0.05) is 0 Å². The van der Waals surface area contributed by atoms with Crippen LogP contribution in [0.25, 0.3) is 0 Å². The number of amides is 2. The Morgan fingerprint density at radius 1 is 1.25 bits per heavy atom. The van der Waals surface area contributed by atoms with Gasteiger partial charge in [0.2, 0.25) is 0 Å². The van der Waals surface area contributed by atoms with Crippen molar-refractivity contribution in [2.75, 3.05) is 18.9 Å². The zero-order chi connectivity index (χ0) is 16.3. The van der Waals surface area contributed by atoms with Crippen LogP contribution in [0.1, 0.15) is 63.0 Å². The predicted octanol–water partition coefficient (Wildman–Crippen LogP) is 4.70. The molecule has 0 aliphatic heterocycles. The number of thiazole rings is 1. The second-order valence-corrected chi connectivity index (χ2v) is 9.91. The van der Waals surface area contributed by atoms with Crippen LogP contribution in [0.2, 0.25) is 0 Å². The summed E-state index contributed by atoms with van der Waals surface area (Å²) in [5.74, 6) is 3.46. The number of hydrogen-bond acceptors (Lipinski definition) is 3. The summed E-state index contributed by atoms with van der Waals surface area (Å²) in [4.78, 5) is 19.1. The van der Waals surface area contributed by atoms with E-state index in [0.29, 0.717) is 11.3 Å². The van der Waals surface area contributed by atoms with E-state index < -0.39 is 0 Å².